The summed E-state index contributed by atoms with van der Waals surface area (Å²) in [4.78, 5) is 6.49. The second-order valence-corrected chi connectivity index (χ2v) is 4.36. The number of nitrogens with one attached hydrogen (secondary N) is 1. The summed E-state index contributed by atoms with van der Waals surface area (Å²) in [6, 6.07) is 4.10. The van der Waals surface area contributed by atoms with Gasteiger partial charge in [0, 0.05) is 19.3 Å². The molecule has 0 fully saturated rings. The third kappa shape index (κ3) is 2.32. The highest BCUT2D eigenvalue weighted by Crippen LogP contribution is 2.24. The van der Waals surface area contributed by atoms with E-state index in [9.17, 15) is 0 Å². The third-order valence-corrected chi connectivity index (χ3v) is 3.14. The zero-order valence-electron chi connectivity index (χ0n) is 9.57. The Labute approximate surface area is 102 Å². The van der Waals surface area contributed by atoms with Crippen molar-refractivity contribution >= 4 is 23.1 Å². The number of unbranched alkanes of at least 4 members (excludes halogenated alkanes) is 1. The Morgan fingerprint density at radius 2 is 2.50 bits per heavy atom. The third-order valence-electron chi connectivity index (χ3n) is 2.78. The molecule has 0 spiro atoms. The lowest BCUT2D eigenvalue weighted by Crippen LogP contribution is -2.39. The van der Waals surface area contributed by atoms with Crippen LogP contribution in [-0.4, -0.2) is 23.2 Å². The largest absolute Gasteiger partial charge is 0.362 e. The van der Waals surface area contributed by atoms with E-state index < -0.39 is 0 Å². The number of fused-ring (bicyclic) bond motifs is 1. The molecule has 1 aliphatic heterocycles. The maximum Gasteiger partial charge on any atom is 0.174 e. The van der Waals surface area contributed by atoms with Crippen molar-refractivity contribution in [2.75, 3.05) is 18.0 Å². The van der Waals surface area contributed by atoms with Crippen LogP contribution < -0.4 is 10.2 Å². The van der Waals surface area contributed by atoms with E-state index in [1.807, 2.05) is 12.3 Å². The summed E-state index contributed by atoms with van der Waals surface area (Å²) in [5, 5.41) is 4.09. The van der Waals surface area contributed by atoms with Gasteiger partial charge in [0.2, 0.25) is 0 Å². The van der Waals surface area contributed by atoms with Gasteiger partial charge in [0.15, 0.2) is 5.11 Å². The van der Waals surface area contributed by atoms with Crippen LogP contribution in [0.4, 0.5) is 5.82 Å². The Hall–Kier alpha value is -1.16. The van der Waals surface area contributed by atoms with Crippen LogP contribution in [0.25, 0.3) is 0 Å². The molecule has 0 radical (unpaired) electrons. The highest BCUT2D eigenvalue weighted by molar-refractivity contribution is 7.80. The molecule has 86 valence electrons. The molecule has 0 unspecified atom stereocenters. The highest BCUT2D eigenvalue weighted by atomic mass is 32.1. The molecule has 16 heavy (non-hydrogen) atoms. The molecule has 1 aromatic rings. The van der Waals surface area contributed by atoms with E-state index in [-0.39, 0.29) is 0 Å². The molecule has 0 aliphatic carbocycles. The standard InChI is InChI=1S/C12H17N3S/c1-2-3-7-14-12(16)15-9-6-10-5-4-8-13-11(10)15/h4-5,8H,2-3,6-7,9H2,1H3,(H,14,16). The van der Waals surface area contributed by atoms with Crippen LogP contribution in [0.2, 0.25) is 0 Å². The van der Waals surface area contributed by atoms with E-state index in [2.05, 4.69) is 28.2 Å². The van der Waals surface area contributed by atoms with E-state index in [0.717, 1.165) is 36.9 Å². The van der Waals surface area contributed by atoms with E-state index >= 15 is 0 Å². The molecule has 0 amide bonds. The molecule has 0 saturated heterocycles. The van der Waals surface area contributed by atoms with Crippen molar-refractivity contribution in [3.63, 3.8) is 0 Å². The molecule has 1 aliphatic rings. The van der Waals surface area contributed by atoms with Gasteiger partial charge in [0.25, 0.3) is 0 Å². The predicted octanol–water partition coefficient (Wildman–Crippen LogP) is 2.12. The Morgan fingerprint density at radius 3 is 3.31 bits per heavy atom. The number of aromatic nitrogens is 1. The van der Waals surface area contributed by atoms with Crippen molar-refractivity contribution < 1.29 is 0 Å². The van der Waals surface area contributed by atoms with E-state index in [1.54, 1.807) is 0 Å². The summed E-state index contributed by atoms with van der Waals surface area (Å²) in [6.45, 7) is 4.08. The van der Waals surface area contributed by atoms with Crippen molar-refractivity contribution in [3.8, 4) is 0 Å². The quantitative estimate of drug-likeness (QED) is 0.641. The van der Waals surface area contributed by atoms with Gasteiger partial charge < -0.3 is 10.2 Å². The van der Waals surface area contributed by atoms with Crippen molar-refractivity contribution in [1.82, 2.24) is 10.3 Å². The molecule has 2 rings (SSSR count). The molecule has 0 aromatic carbocycles. The predicted molar refractivity (Wildman–Crippen MR) is 70.8 cm³/mol. The fraction of sp³-hybridized carbons (Fsp3) is 0.500. The van der Waals surface area contributed by atoms with Crippen LogP contribution in [0.5, 0.6) is 0 Å². The summed E-state index contributed by atoms with van der Waals surface area (Å²) in [5.41, 5.74) is 1.29. The average Bonchev–Trinajstić information content (AvgIpc) is 2.73. The molecule has 2 heterocycles. The number of hydrogen-bond acceptors (Lipinski definition) is 2. The second kappa shape index (κ2) is 5.25. The number of hydrogen-bond donors (Lipinski definition) is 1. The summed E-state index contributed by atoms with van der Waals surface area (Å²) in [7, 11) is 0. The first-order valence-corrected chi connectivity index (χ1v) is 6.23. The van der Waals surface area contributed by atoms with Crippen LogP contribution >= 0.6 is 12.2 Å². The highest BCUT2D eigenvalue weighted by Gasteiger charge is 2.22. The zero-order chi connectivity index (χ0) is 11.4. The molecule has 4 heteroatoms. The Bertz CT molecular complexity index is 378. The molecule has 1 N–H and O–H groups in total. The van der Waals surface area contributed by atoms with Gasteiger partial charge in [-0.15, -0.1) is 0 Å². The van der Waals surface area contributed by atoms with Gasteiger partial charge in [0.1, 0.15) is 5.82 Å². The second-order valence-electron chi connectivity index (χ2n) is 3.97. The lowest BCUT2D eigenvalue weighted by Gasteiger charge is -2.19. The molecule has 0 saturated carbocycles. The molecule has 0 bridgehead atoms. The lowest BCUT2D eigenvalue weighted by molar-refractivity contribution is 0.751. The fourth-order valence-corrected chi connectivity index (χ4v) is 2.15. The Balaban J connectivity index is 1.99. The maximum absolute atomic E-state index is 5.38. The Morgan fingerprint density at radius 1 is 1.62 bits per heavy atom. The molecule has 3 nitrogen and oxygen atoms in total. The molecular weight excluding hydrogens is 218 g/mol. The summed E-state index contributed by atoms with van der Waals surface area (Å²) >= 11 is 5.38. The summed E-state index contributed by atoms with van der Waals surface area (Å²) in [6.07, 6.45) is 5.21. The van der Waals surface area contributed by atoms with E-state index in [0.29, 0.717) is 0 Å². The Kier molecular flexibility index (Phi) is 3.72. The van der Waals surface area contributed by atoms with Gasteiger partial charge in [-0.3, -0.25) is 0 Å². The van der Waals surface area contributed by atoms with E-state index in [4.69, 9.17) is 12.2 Å². The first kappa shape index (κ1) is 11.3. The smallest absolute Gasteiger partial charge is 0.174 e. The first-order valence-electron chi connectivity index (χ1n) is 5.82. The SMILES string of the molecule is CCCCNC(=S)N1CCc2cccnc21. The van der Waals surface area contributed by atoms with Crippen LogP contribution in [0.1, 0.15) is 25.3 Å². The molecule has 1 aromatic heterocycles. The van der Waals surface area contributed by atoms with Gasteiger partial charge in [0.05, 0.1) is 0 Å². The van der Waals surface area contributed by atoms with Crippen molar-refractivity contribution in [2.24, 2.45) is 0 Å². The number of nitrogens with zero attached hydrogens (tertiary/aromatic N) is 2. The number of thiocarbonyl (C=S) groups is 1. The van der Waals surface area contributed by atoms with Crippen LogP contribution in [0.3, 0.4) is 0 Å². The van der Waals surface area contributed by atoms with Crippen molar-refractivity contribution in [2.45, 2.75) is 26.2 Å². The van der Waals surface area contributed by atoms with Gasteiger partial charge >= 0.3 is 0 Å². The monoisotopic (exact) mass is 235 g/mol. The van der Waals surface area contributed by atoms with Gasteiger partial charge in [-0.2, -0.15) is 0 Å². The van der Waals surface area contributed by atoms with Gasteiger partial charge in [-0.05, 0) is 36.7 Å². The fourth-order valence-electron chi connectivity index (χ4n) is 1.87. The molecular formula is C12H17N3S. The molecule has 0 atom stereocenters. The van der Waals surface area contributed by atoms with Crippen LogP contribution in [-0.2, 0) is 6.42 Å². The van der Waals surface area contributed by atoms with Gasteiger partial charge in [-0.25, -0.2) is 4.98 Å². The lowest BCUT2D eigenvalue weighted by atomic mass is 10.2. The summed E-state index contributed by atoms with van der Waals surface area (Å²) < 4.78 is 0. The minimum Gasteiger partial charge on any atom is -0.362 e. The topological polar surface area (TPSA) is 28.2 Å². The zero-order valence-corrected chi connectivity index (χ0v) is 10.4. The van der Waals surface area contributed by atoms with Crippen molar-refractivity contribution in [1.29, 1.82) is 0 Å². The number of rotatable bonds is 3. The van der Waals surface area contributed by atoms with E-state index in [1.165, 1.54) is 12.0 Å². The number of anilines is 1. The summed E-state index contributed by atoms with van der Waals surface area (Å²) in [5.74, 6) is 1.02. The van der Waals surface area contributed by atoms with Crippen LogP contribution in [0, 0.1) is 0 Å². The minimum atomic E-state index is 0.811. The first-order chi connectivity index (χ1) is 7.83. The number of pyridine rings is 1. The minimum absolute atomic E-state index is 0.811. The normalized spacial score (nSPS) is 13.7. The maximum atomic E-state index is 5.38. The average molecular weight is 235 g/mol. The van der Waals surface area contributed by atoms with Crippen molar-refractivity contribution in [3.05, 3.63) is 23.9 Å². The van der Waals surface area contributed by atoms with Gasteiger partial charge in [-0.1, -0.05) is 19.4 Å². The van der Waals surface area contributed by atoms with Crippen LogP contribution in [0.15, 0.2) is 18.3 Å².